The van der Waals surface area contributed by atoms with Crippen molar-refractivity contribution in [3.8, 4) is 0 Å². The maximum Gasteiger partial charge on any atom is 0.585 e. The highest BCUT2D eigenvalue weighted by Crippen LogP contribution is 2.13. The Bertz CT molecular complexity index is 643. The van der Waals surface area contributed by atoms with Crippen LogP contribution in [-0.4, -0.2) is 46.5 Å². The Kier molecular flexibility index (Phi) is 2.57. The Hall–Kier alpha value is -2.94. The number of nitrogens with zero attached hydrogens (tertiary/aromatic N) is 8. The molecule has 0 amide bonds. The van der Waals surface area contributed by atoms with E-state index in [9.17, 15) is 0 Å². The smallest absolute Gasteiger partial charge is 0.239 e. The van der Waals surface area contributed by atoms with E-state index in [-0.39, 0.29) is 0 Å². The molecule has 0 aliphatic carbocycles. The minimum atomic E-state index is -2.87. The van der Waals surface area contributed by atoms with Gasteiger partial charge in [-0.1, -0.05) is 0 Å². The number of aromatic nitrogens is 8. The first-order valence-electron chi connectivity index (χ1n) is 6.43. The highest BCUT2D eigenvalue weighted by molar-refractivity contribution is 6.72. The quantitative estimate of drug-likeness (QED) is 0.511. The lowest BCUT2D eigenvalue weighted by Crippen LogP contribution is -2.65. The van der Waals surface area contributed by atoms with Gasteiger partial charge in [0.15, 0.2) is 0 Å². The first-order valence-corrected chi connectivity index (χ1v) is 8.22. The van der Waals surface area contributed by atoms with Crippen LogP contribution in [0.2, 0.25) is 0 Å². The molecule has 0 fully saturated rings. The highest BCUT2D eigenvalue weighted by atomic mass is 28.4. The van der Waals surface area contributed by atoms with Crippen molar-refractivity contribution < 1.29 is 0 Å². The van der Waals surface area contributed by atoms with E-state index >= 15 is 0 Å². The van der Waals surface area contributed by atoms with Gasteiger partial charge >= 0.3 is 8.72 Å². The molecule has 4 aromatic heterocycles. The lowest BCUT2D eigenvalue weighted by molar-refractivity contribution is 0.655. The van der Waals surface area contributed by atoms with Gasteiger partial charge in [0.2, 0.25) is 0 Å². The molecule has 0 radical (unpaired) electrons. The van der Waals surface area contributed by atoms with Crippen LogP contribution in [0, 0.1) is 0 Å². The number of rotatable bonds is 4. The largest absolute Gasteiger partial charge is 0.585 e. The second-order valence-corrected chi connectivity index (χ2v) is 7.44. The molecule has 4 rings (SSSR count). The van der Waals surface area contributed by atoms with Crippen LogP contribution in [0.15, 0.2) is 73.8 Å². The van der Waals surface area contributed by atoms with Gasteiger partial charge in [0.1, 0.15) is 0 Å². The van der Waals surface area contributed by atoms with E-state index in [0.717, 1.165) is 0 Å². The van der Waals surface area contributed by atoms with Crippen molar-refractivity contribution in [2.75, 3.05) is 0 Å². The molecule has 21 heavy (non-hydrogen) atoms. The minimum Gasteiger partial charge on any atom is -0.239 e. The Labute approximate surface area is 121 Å². The van der Waals surface area contributed by atoms with Gasteiger partial charge in [-0.2, -0.15) is 20.4 Å². The molecule has 0 aliphatic heterocycles. The standard InChI is InChI=1S/C12H12N8Si/c1-5-13-17(9-1)21(18-10-2-6-14-18,19-11-3-7-15-19)20-12-4-8-16-20/h1-12H. The molecular formula is C12H12N8Si. The molecule has 8 nitrogen and oxygen atoms in total. The first kappa shape index (κ1) is 11.8. The Morgan fingerprint density at radius 2 is 0.762 bits per heavy atom. The third kappa shape index (κ3) is 1.61. The molecule has 0 N–H and O–H groups in total. The normalized spacial score (nSPS) is 11.8. The fraction of sp³-hybridized carbons (Fsp3) is 0. The van der Waals surface area contributed by atoms with Crippen molar-refractivity contribution in [2.45, 2.75) is 0 Å². The van der Waals surface area contributed by atoms with Crippen LogP contribution in [0.3, 0.4) is 0 Å². The van der Waals surface area contributed by atoms with Crippen LogP contribution in [0.5, 0.6) is 0 Å². The molecule has 0 aromatic carbocycles. The maximum atomic E-state index is 4.45. The van der Waals surface area contributed by atoms with E-state index < -0.39 is 8.72 Å². The molecule has 0 saturated carbocycles. The summed E-state index contributed by atoms with van der Waals surface area (Å²) in [6.07, 6.45) is 14.6. The van der Waals surface area contributed by atoms with E-state index in [1.807, 2.05) is 66.4 Å². The maximum absolute atomic E-state index is 4.45. The van der Waals surface area contributed by atoms with E-state index in [4.69, 9.17) is 0 Å². The summed E-state index contributed by atoms with van der Waals surface area (Å²) in [4.78, 5) is 0. The van der Waals surface area contributed by atoms with Crippen molar-refractivity contribution in [1.29, 1.82) is 0 Å². The summed E-state index contributed by atoms with van der Waals surface area (Å²) in [6.45, 7) is 0. The average Bonchev–Trinajstić information content (AvgIpc) is 3.32. The van der Waals surface area contributed by atoms with Gasteiger partial charge in [-0.25, -0.2) is 17.4 Å². The molecule has 0 atom stereocenters. The van der Waals surface area contributed by atoms with Crippen molar-refractivity contribution in [3.63, 3.8) is 0 Å². The number of hydrogen-bond donors (Lipinski definition) is 0. The van der Waals surface area contributed by atoms with E-state index in [1.165, 1.54) is 0 Å². The predicted molar refractivity (Wildman–Crippen MR) is 76.3 cm³/mol. The van der Waals surface area contributed by atoms with Crippen molar-refractivity contribution in [2.24, 2.45) is 0 Å². The molecule has 0 aliphatic rings. The predicted octanol–water partition coefficient (Wildman–Crippen LogP) is 0.401. The SMILES string of the molecule is c1cnn([Si](n2cccn2)(n2cccn2)n2cccn2)c1. The van der Waals surface area contributed by atoms with Gasteiger partial charge in [0, 0.05) is 49.6 Å². The van der Waals surface area contributed by atoms with Gasteiger partial charge in [-0.15, -0.1) is 0 Å². The van der Waals surface area contributed by atoms with Crippen LogP contribution in [0.25, 0.3) is 0 Å². The third-order valence-corrected chi connectivity index (χ3v) is 6.76. The van der Waals surface area contributed by atoms with Crippen LogP contribution < -0.4 is 0 Å². The summed E-state index contributed by atoms with van der Waals surface area (Å²) in [7, 11) is -2.87. The van der Waals surface area contributed by atoms with Crippen molar-refractivity contribution in [1.82, 2.24) is 37.8 Å². The average molecular weight is 296 g/mol. The van der Waals surface area contributed by atoms with Crippen LogP contribution in [0.1, 0.15) is 0 Å². The van der Waals surface area contributed by atoms with Gasteiger partial charge in [-0.05, 0) is 24.3 Å². The molecule has 9 heteroatoms. The molecule has 104 valence electrons. The van der Waals surface area contributed by atoms with Crippen LogP contribution >= 0.6 is 0 Å². The summed E-state index contributed by atoms with van der Waals surface area (Å²) in [5, 5.41) is 17.8. The lowest BCUT2D eigenvalue weighted by Gasteiger charge is -2.29. The molecule has 0 spiro atoms. The van der Waals surface area contributed by atoms with Crippen LogP contribution in [-0.2, 0) is 0 Å². The van der Waals surface area contributed by atoms with Crippen molar-refractivity contribution in [3.05, 3.63) is 73.8 Å². The topological polar surface area (TPSA) is 71.3 Å². The zero-order valence-corrected chi connectivity index (χ0v) is 12.0. The van der Waals surface area contributed by atoms with Gasteiger partial charge < -0.3 is 0 Å². The second kappa shape index (κ2) is 4.56. The van der Waals surface area contributed by atoms with Crippen LogP contribution in [0.4, 0.5) is 0 Å². The Morgan fingerprint density at radius 1 is 0.476 bits per heavy atom. The second-order valence-electron chi connectivity index (χ2n) is 4.40. The lowest BCUT2D eigenvalue weighted by atomic mass is 10.8. The fourth-order valence-electron chi connectivity index (χ4n) is 2.41. The first-order chi connectivity index (χ1) is 10.4. The summed E-state index contributed by atoms with van der Waals surface area (Å²) in [6, 6.07) is 7.55. The van der Waals surface area contributed by atoms with E-state index in [1.54, 1.807) is 24.8 Å². The summed E-state index contributed by atoms with van der Waals surface area (Å²) in [5.74, 6) is 0. The summed E-state index contributed by atoms with van der Waals surface area (Å²) in [5.41, 5.74) is 0. The van der Waals surface area contributed by atoms with Gasteiger partial charge in [-0.3, -0.25) is 0 Å². The summed E-state index contributed by atoms with van der Waals surface area (Å²) >= 11 is 0. The Morgan fingerprint density at radius 3 is 0.952 bits per heavy atom. The molecule has 4 aromatic rings. The van der Waals surface area contributed by atoms with Gasteiger partial charge in [0.25, 0.3) is 0 Å². The molecule has 0 unspecified atom stereocenters. The number of hydrogen-bond acceptors (Lipinski definition) is 4. The van der Waals surface area contributed by atoms with Crippen molar-refractivity contribution >= 4 is 8.72 Å². The monoisotopic (exact) mass is 296 g/mol. The fourth-order valence-corrected chi connectivity index (χ4v) is 5.71. The Balaban J connectivity index is 2.10. The molecule has 4 heterocycles. The third-order valence-electron chi connectivity index (χ3n) is 3.25. The minimum absolute atomic E-state index is 1.75. The zero-order valence-electron chi connectivity index (χ0n) is 11.0. The molecule has 0 bridgehead atoms. The van der Waals surface area contributed by atoms with E-state index in [0.29, 0.717) is 0 Å². The molecule has 0 saturated heterocycles. The highest BCUT2D eigenvalue weighted by Gasteiger charge is 2.49. The summed E-state index contributed by atoms with van der Waals surface area (Å²) < 4.78 is 7.56. The van der Waals surface area contributed by atoms with Gasteiger partial charge in [0.05, 0.1) is 0 Å². The van der Waals surface area contributed by atoms with E-state index in [2.05, 4.69) is 20.4 Å². The zero-order chi connectivity index (χ0) is 14.1. The molecular weight excluding hydrogens is 284 g/mol.